The predicted octanol–water partition coefficient (Wildman–Crippen LogP) is 1.54. The van der Waals surface area contributed by atoms with E-state index in [-0.39, 0.29) is 5.25 Å². The van der Waals surface area contributed by atoms with Gasteiger partial charge in [-0.1, -0.05) is 11.8 Å². The van der Waals surface area contributed by atoms with Gasteiger partial charge in [0.25, 0.3) is 0 Å². The lowest BCUT2D eigenvalue weighted by molar-refractivity contribution is 1.18. The maximum atomic E-state index is 8.42. The van der Waals surface area contributed by atoms with Gasteiger partial charge in [0.15, 0.2) is 4.34 Å². The molecule has 10 heavy (non-hydrogen) atoms. The molecular weight excluding hydrogens is 166 g/mol. The lowest BCUT2D eigenvalue weighted by atomic mass is 10.5. The molecule has 52 valence electrons. The maximum Gasteiger partial charge on any atom is 0.171 e. The molecule has 0 N–H and O–H groups in total. The molecule has 1 heterocycles. The van der Waals surface area contributed by atoms with E-state index in [1.165, 1.54) is 29.6 Å². The van der Waals surface area contributed by atoms with Gasteiger partial charge in [0.1, 0.15) is 6.33 Å². The van der Waals surface area contributed by atoms with Gasteiger partial charge in [0.05, 0.1) is 11.3 Å². The molecule has 1 rings (SSSR count). The van der Waals surface area contributed by atoms with E-state index in [4.69, 9.17) is 5.26 Å². The van der Waals surface area contributed by atoms with Crippen molar-refractivity contribution in [3.8, 4) is 6.07 Å². The van der Waals surface area contributed by atoms with Crippen molar-refractivity contribution >= 4 is 23.3 Å². The molecule has 1 aromatic rings. The predicted molar refractivity (Wildman–Crippen MR) is 40.8 cm³/mol. The first-order valence-electron chi connectivity index (χ1n) is 2.66. The van der Waals surface area contributed by atoms with Crippen molar-refractivity contribution in [1.82, 2.24) is 9.36 Å². The first-order valence-corrected chi connectivity index (χ1v) is 4.31. The number of thioether (sulfide) groups is 1. The monoisotopic (exact) mass is 171 g/mol. The van der Waals surface area contributed by atoms with E-state index < -0.39 is 0 Å². The van der Waals surface area contributed by atoms with Crippen LogP contribution in [0.5, 0.6) is 0 Å². The van der Waals surface area contributed by atoms with Gasteiger partial charge in [-0.15, -0.1) is 0 Å². The Morgan fingerprint density at radius 3 is 3.20 bits per heavy atom. The minimum absolute atomic E-state index is 0.0343. The van der Waals surface area contributed by atoms with Gasteiger partial charge in [0.2, 0.25) is 0 Å². The highest BCUT2D eigenvalue weighted by Gasteiger charge is 2.03. The fraction of sp³-hybridized carbons (Fsp3) is 0.400. The number of aromatic nitrogens is 2. The maximum absolute atomic E-state index is 8.42. The summed E-state index contributed by atoms with van der Waals surface area (Å²) in [5.41, 5.74) is 0. The van der Waals surface area contributed by atoms with E-state index in [0.29, 0.717) is 0 Å². The quantitative estimate of drug-likeness (QED) is 0.633. The standard InChI is InChI=1S/C5H5N3S2/c1-4(2-6)9-5-7-3-8-10-5/h3-4H,1H3. The van der Waals surface area contributed by atoms with E-state index >= 15 is 0 Å². The van der Waals surface area contributed by atoms with E-state index in [9.17, 15) is 0 Å². The van der Waals surface area contributed by atoms with Gasteiger partial charge in [-0.05, 0) is 18.5 Å². The average molecular weight is 171 g/mol. The molecule has 0 radical (unpaired) electrons. The molecule has 3 nitrogen and oxygen atoms in total. The molecule has 0 saturated heterocycles. The van der Waals surface area contributed by atoms with Gasteiger partial charge in [0, 0.05) is 0 Å². The number of nitriles is 1. The first-order chi connectivity index (χ1) is 4.83. The van der Waals surface area contributed by atoms with E-state index in [2.05, 4.69) is 15.4 Å². The van der Waals surface area contributed by atoms with Crippen molar-refractivity contribution in [2.75, 3.05) is 0 Å². The molecule has 0 aliphatic carbocycles. The zero-order valence-electron chi connectivity index (χ0n) is 5.31. The molecule has 0 aliphatic rings. The van der Waals surface area contributed by atoms with E-state index in [0.717, 1.165) is 4.34 Å². The third-order valence-corrected chi connectivity index (χ3v) is 2.54. The minimum Gasteiger partial charge on any atom is -0.216 e. The van der Waals surface area contributed by atoms with Gasteiger partial charge in [-0.3, -0.25) is 0 Å². The van der Waals surface area contributed by atoms with Gasteiger partial charge >= 0.3 is 0 Å². The van der Waals surface area contributed by atoms with Crippen LogP contribution in [0.2, 0.25) is 0 Å². The molecule has 0 aliphatic heterocycles. The Morgan fingerprint density at radius 2 is 2.70 bits per heavy atom. The van der Waals surface area contributed by atoms with Crippen LogP contribution in [-0.4, -0.2) is 14.6 Å². The third-order valence-electron chi connectivity index (χ3n) is 0.800. The second-order valence-electron chi connectivity index (χ2n) is 1.60. The molecule has 1 aromatic heterocycles. The van der Waals surface area contributed by atoms with Gasteiger partial charge < -0.3 is 0 Å². The topological polar surface area (TPSA) is 49.6 Å². The number of nitrogens with zero attached hydrogens (tertiary/aromatic N) is 3. The van der Waals surface area contributed by atoms with E-state index in [1.54, 1.807) is 0 Å². The Balaban J connectivity index is 2.50. The van der Waals surface area contributed by atoms with Crippen LogP contribution < -0.4 is 0 Å². The highest BCUT2D eigenvalue weighted by molar-refractivity contribution is 8.01. The summed E-state index contributed by atoms with van der Waals surface area (Å²) in [4.78, 5) is 3.92. The number of hydrogen-bond donors (Lipinski definition) is 0. The fourth-order valence-electron chi connectivity index (χ4n) is 0.392. The number of hydrogen-bond acceptors (Lipinski definition) is 5. The van der Waals surface area contributed by atoms with Crippen LogP contribution in [0.15, 0.2) is 10.7 Å². The number of rotatable bonds is 2. The van der Waals surface area contributed by atoms with Crippen LogP contribution in [0.25, 0.3) is 0 Å². The molecule has 5 heteroatoms. The average Bonchev–Trinajstić information content (AvgIpc) is 2.40. The summed E-state index contributed by atoms with van der Waals surface area (Å²) in [5.74, 6) is 0. The largest absolute Gasteiger partial charge is 0.216 e. The van der Waals surface area contributed by atoms with Crippen molar-refractivity contribution in [1.29, 1.82) is 5.26 Å². The Labute approximate surface area is 67.3 Å². The molecule has 0 fully saturated rings. The summed E-state index contributed by atoms with van der Waals surface area (Å²) < 4.78 is 4.67. The second-order valence-corrected chi connectivity index (χ2v) is 3.96. The van der Waals surface area contributed by atoms with E-state index in [1.807, 2.05) is 6.92 Å². The van der Waals surface area contributed by atoms with Crippen LogP contribution in [0.1, 0.15) is 6.92 Å². The molecule has 0 aromatic carbocycles. The third kappa shape index (κ3) is 1.97. The van der Waals surface area contributed by atoms with Crippen molar-refractivity contribution in [2.24, 2.45) is 0 Å². The summed E-state index contributed by atoms with van der Waals surface area (Å²) >= 11 is 2.75. The lowest BCUT2D eigenvalue weighted by Gasteiger charge is -1.93. The van der Waals surface area contributed by atoms with Gasteiger partial charge in [-0.2, -0.15) is 9.64 Å². The SMILES string of the molecule is CC(C#N)Sc1ncns1. The van der Waals surface area contributed by atoms with Crippen molar-refractivity contribution in [2.45, 2.75) is 16.5 Å². The highest BCUT2D eigenvalue weighted by atomic mass is 32.2. The second kappa shape index (κ2) is 3.54. The van der Waals surface area contributed by atoms with Crippen molar-refractivity contribution in [3.63, 3.8) is 0 Å². The molecule has 0 saturated carbocycles. The summed E-state index contributed by atoms with van der Waals surface area (Å²) in [6.45, 7) is 1.84. The van der Waals surface area contributed by atoms with Crippen LogP contribution in [0.4, 0.5) is 0 Å². The molecule has 0 spiro atoms. The lowest BCUT2D eigenvalue weighted by Crippen LogP contribution is -1.87. The summed E-state index contributed by atoms with van der Waals surface area (Å²) in [5, 5.41) is 8.38. The molecular formula is C5H5N3S2. The molecule has 1 unspecified atom stereocenters. The van der Waals surface area contributed by atoms with Gasteiger partial charge in [-0.25, -0.2) is 4.98 Å². The highest BCUT2D eigenvalue weighted by Crippen LogP contribution is 2.22. The van der Waals surface area contributed by atoms with Crippen molar-refractivity contribution < 1.29 is 0 Å². The molecule has 0 amide bonds. The van der Waals surface area contributed by atoms with Crippen LogP contribution >= 0.6 is 23.3 Å². The zero-order chi connectivity index (χ0) is 7.40. The normalized spacial score (nSPS) is 12.4. The minimum atomic E-state index is -0.0343. The summed E-state index contributed by atoms with van der Waals surface area (Å²) in [7, 11) is 0. The Hall–Kier alpha value is -0.600. The van der Waals surface area contributed by atoms with Crippen molar-refractivity contribution in [3.05, 3.63) is 6.33 Å². The fourth-order valence-corrected chi connectivity index (χ4v) is 1.87. The summed E-state index contributed by atoms with van der Waals surface area (Å²) in [6.07, 6.45) is 1.50. The van der Waals surface area contributed by atoms with Crippen LogP contribution in [0.3, 0.4) is 0 Å². The first kappa shape index (κ1) is 7.51. The van der Waals surface area contributed by atoms with Crippen LogP contribution in [0, 0.1) is 11.3 Å². The Kier molecular flexibility index (Phi) is 2.66. The molecule has 0 bridgehead atoms. The Bertz CT molecular complexity index is 226. The summed E-state index contributed by atoms with van der Waals surface area (Å²) in [6, 6.07) is 2.11. The zero-order valence-corrected chi connectivity index (χ0v) is 6.95. The molecule has 1 atom stereocenters. The Morgan fingerprint density at radius 1 is 1.90 bits per heavy atom. The smallest absolute Gasteiger partial charge is 0.171 e. The van der Waals surface area contributed by atoms with Crippen LogP contribution in [-0.2, 0) is 0 Å².